The Hall–Kier alpha value is -3.67. The lowest BCUT2D eigenvalue weighted by Crippen LogP contribution is -2.39. The molecule has 3 atom stereocenters. The van der Waals surface area contributed by atoms with Crippen molar-refractivity contribution in [3.8, 4) is 45.8 Å². The molecular formula is C21H22O11. The first-order chi connectivity index (χ1) is 15.0. The van der Waals surface area contributed by atoms with Crippen molar-refractivity contribution in [2.45, 2.75) is 31.7 Å². The van der Waals surface area contributed by atoms with E-state index in [0.29, 0.717) is 13.0 Å². The molecule has 11 heteroatoms. The molecule has 0 bridgehead atoms. The van der Waals surface area contributed by atoms with Gasteiger partial charge in [0.05, 0.1) is 24.9 Å². The van der Waals surface area contributed by atoms with Crippen molar-refractivity contribution in [2.75, 3.05) is 6.61 Å². The molecule has 11 nitrogen and oxygen atoms in total. The highest BCUT2D eigenvalue weighted by molar-refractivity contribution is 5.88. The Morgan fingerprint density at radius 1 is 0.875 bits per heavy atom. The van der Waals surface area contributed by atoms with E-state index in [1.165, 1.54) is 0 Å². The van der Waals surface area contributed by atoms with E-state index in [2.05, 4.69) is 0 Å². The van der Waals surface area contributed by atoms with Gasteiger partial charge in [-0.3, -0.25) is 4.79 Å². The fraction of sp³-hybridized carbons (Fsp3) is 0.286. The number of rotatable bonds is 1. The molecule has 2 aromatic carbocycles. The fourth-order valence-electron chi connectivity index (χ4n) is 3.12. The first-order valence-electron chi connectivity index (χ1n) is 9.44. The monoisotopic (exact) mass is 450 g/mol. The summed E-state index contributed by atoms with van der Waals surface area (Å²) in [7, 11) is 0. The van der Waals surface area contributed by atoms with Gasteiger partial charge in [-0.05, 0) is 19.1 Å². The highest BCUT2D eigenvalue weighted by Gasteiger charge is 2.25. The molecular weight excluding hydrogens is 428 g/mol. The quantitative estimate of drug-likeness (QED) is 0.248. The minimum Gasteiger partial charge on any atom is -0.508 e. The second-order valence-corrected chi connectivity index (χ2v) is 7.31. The van der Waals surface area contributed by atoms with Crippen molar-refractivity contribution in [2.24, 2.45) is 0 Å². The van der Waals surface area contributed by atoms with Crippen LogP contribution in [0.15, 0.2) is 33.5 Å². The summed E-state index contributed by atoms with van der Waals surface area (Å²) in [5.74, 6) is -4.40. The Labute approximate surface area is 180 Å². The molecule has 8 N–H and O–H groups in total. The molecule has 0 unspecified atom stereocenters. The van der Waals surface area contributed by atoms with Crippen LogP contribution in [0.3, 0.4) is 0 Å². The summed E-state index contributed by atoms with van der Waals surface area (Å²) in [6.45, 7) is 2.16. The van der Waals surface area contributed by atoms with Crippen molar-refractivity contribution in [1.29, 1.82) is 0 Å². The molecule has 0 aliphatic carbocycles. The van der Waals surface area contributed by atoms with Crippen LogP contribution < -0.4 is 5.43 Å². The molecule has 0 saturated carbocycles. The second-order valence-electron chi connectivity index (χ2n) is 7.31. The van der Waals surface area contributed by atoms with E-state index in [1.807, 2.05) is 0 Å². The highest BCUT2D eigenvalue weighted by Crippen LogP contribution is 2.42. The lowest BCUT2D eigenvalue weighted by molar-refractivity contribution is -0.115. The Kier molecular flexibility index (Phi) is 6.35. The highest BCUT2D eigenvalue weighted by atomic mass is 16.5. The van der Waals surface area contributed by atoms with Crippen LogP contribution in [0.1, 0.15) is 13.3 Å². The van der Waals surface area contributed by atoms with E-state index < -0.39 is 52.1 Å². The number of phenols is 5. The van der Waals surface area contributed by atoms with Crippen molar-refractivity contribution in [1.82, 2.24) is 0 Å². The van der Waals surface area contributed by atoms with Gasteiger partial charge in [0.15, 0.2) is 23.0 Å². The number of aliphatic hydroxyl groups is 2. The summed E-state index contributed by atoms with van der Waals surface area (Å²) in [5, 5.41) is 75.1. The van der Waals surface area contributed by atoms with E-state index in [0.717, 1.165) is 24.3 Å². The Morgan fingerprint density at radius 2 is 1.50 bits per heavy atom. The molecule has 1 fully saturated rings. The lowest BCUT2D eigenvalue weighted by Gasteiger charge is -2.28. The first-order valence-corrected chi connectivity index (χ1v) is 9.44. The number of hydrogen-bond acceptors (Lipinski definition) is 11. The predicted molar refractivity (Wildman–Crippen MR) is 110 cm³/mol. The number of aromatic hydroxyl groups is 6. The number of hydrogen-bond donors (Lipinski definition) is 8. The maximum atomic E-state index is 12.2. The lowest BCUT2D eigenvalue weighted by atomic mass is 10.1. The third kappa shape index (κ3) is 4.49. The third-order valence-electron chi connectivity index (χ3n) is 4.87. The van der Waals surface area contributed by atoms with Gasteiger partial charge < -0.3 is 50.0 Å². The molecule has 4 rings (SSSR count). The minimum atomic E-state index is -0.967. The average molecular weight is 450 g/mol. The molecule has 1 aromatic heterocycles. The van der Waals surface area contributed by atoms with Crippen LogP contribution in [0.4, 0.5) is 0 Å². The van der Waals surface area contributed by atoms with E-state index in [-0.39, 0.29) is 28.4 Å². The second kappa shape index (κ2) is 8.83. The van der Waals surface area contributed by atoms with Gasteiger partial charge in [-0.1, -0.05) is 0 Å². The van der Waals surface area contributed by atoms with Crippen LogP contribution in [0, 0.1) is 0 Å². The molecule has 2 heterocycles. The summed E-state index contributed by atoms with van der Waals surface area (Å²) < 4.78 is 10.3. The Bertz CT molecular complexity index is 1180. The van der Waals surface area contributed by atoms with E-state index in [9.17, 15) is 35.4 Å². The summed E-state index contributed by atoms with van der Waals surface area (Å²) >= 11 is 0. The van der Waals surface area contributed by atoms with Crippen LogP contribution in [-0.2, 0) is 4.74 Å². The first kappa shape index (κ1) is 23.0. The molecule has 0 radical (unpaired) electrons. The largest absolute Gasteiger partial charge is 0.508 e. The van der Waals surface area contributed by atoms with Gasteiger partial charge in [-0.25, -0.2) is 0 Å². The molecule has 3 aromatic rings. The zero-order valence-corrected chi connectivity index (χ0v) is 16.8. The van der Waals surface area contributed by atoms with E-state index in [1.54, 1.807) is 6.92 Å². The summed E-state index contributed by atoms with van der Waals surface area (Å²) in [4.78, 5) is 12.2. The van der Waals surface area contributed by atoms with Crippen molar-refractivity contribution in [3.63, 3.8) is 0 Å². The fourth-order valence-corrected chi connectivity index (χ4v) is 3.12. The van der Waals surface area contributed by atoms with E-state index in [4.69, 9.17) is 19.4 Å². The van der Waals surface area contributed by atoms with Gasteiger partial charge in [0.2, 0.25) is 11.2 Å². The van der Waals surface area contributed by atoms with Crippen molar-refractivity contribution < 1.29 is 50.0 Å². The molecule has 0 amide bonds. The number of benzene rings is 2. The summed E-state index contributed by atoms with van der Waals surface area (Å²) in [6.07, 6.45) is -0.639. The predicted octanol–water partition coefficient (Wildman–Crippen LogP) is 1.21. The smallest absolute Gasteiger partial charge is 0.238 e. The van der Waals surface area contributed by atoms with Crippen molar-refractivity contribution in [3.05, 3.63) is 34.5 Å². The molecule has 32 heavy (non-hydrogen) atoms. The van der Waals surface area contributed by atoms with Gasteiger partial charge in [-0.15, -0.1) is 0 Å². The van der Waals surface area contributed by atoms with Crippen molar-refractivity contribution >= 4 is 11.0 Å². The Morgan fingerprint density at radius 3 is 2.06 bits per heavy atom. The molecule has 1 aliphatic rings. The molecule has 1 saturated heterocycles. The summed E-state index contributed by atoms with van der Waals surface area (Å²) in [5.41, 5.74) is -1.28. The Balaban J connectivity index is 0.000000269. The third-order valence-corrected chi connectivity index (χ3v) is 4.87. The topological polar surface area (TPSA) is 201 Å². The van der Waals surface area contributed by atoms with Gasteiger partial charge in [-0.2, -0.15) is 0 Å². The van der Waals surface area contributed by atoms with Gasteiger partial charge in [0.25, 0.3) is 0 Å². The number of aliphatic hydroxyl groups excluding tert-OH is 2. The van der Waals surface area contributed by atoms with Crippen LogP contribution in [0.25, 0.3) is 22.3 Å². The van der Waals surface area contributed by atoms with Crippen LogP contribution >= 0.6 is 0 Å². The molecule has 0 spiro atoms. The zero-order valence-electron chi connectivity index (χ0n) is 16.8. The van der Waals surface area contributed by atoms with Crippen LogP contribution in [-0.4, -0.2) is 65.8 Å². The average Bonchev–Trinajstić information content (AvgIpc) is 2.71. The van der Waals surface area contributed by atoms with E-state index >= 15 is 0 Å². The van der Waals surface area contributed by atoms with Gasteiger partial charge in [0.1, 0.15) is 22.5 Å². The summed E-state index contributed by atoms with van der Waals surface area (Å²) in [6, 6.07) is 3.89. The maximum absolute atomic E-state index is 12.2. The minimum absolute atomic E-state index is 0.0999. The number of phenolic OH excluding ortho intramolecular Hbond substituents is 5. The SMILES string of the molecule is C[C@@H]1OC[C@H](O)C[C@H]1O.O=c1c(O)c(-c2cc(O)c(O)c(O)c2)oc2cc(O)cc(O)c12. The molecule has 172 valence electrons. The zero-order chi connectivity index (χ0) is 23.7. The van der Waals surface area contributed by atoms with Crippen LogP contribution in [0.2, 0.25) is 0 Å². The maximum Gasteiger partial charge on any atom is 0.238 e. The van der Waals surface area contributed by atoms with Gasteiger partial charge >= 0.3 is 0 Å². The standard InChI is InChI=1S/C15H10O8.C6H12O3/c16-6-3-7(17)11-10(4-6)23-15(14(22)13(11)21)5-1-8(18)12(20)9(19)2-5;1-4-6(8)2-5(7)3-9-4/h1-4,16-20,22H;4-8H,2-3H2,1H3/t;4-,5+,6+/m.0/s1. The van der Waals surface area contributed by atoms with Crippen LogP contribution in [0.5, 0.6) is 34.5 Å². The molecule has 1 aliphatic heterocycles. The number of ether oxygens (including phenoxy) is 1. The number of fused-ring (bicyclic) bond motifs is 1. The normalized spacial score (nSPS) is 20.5. The van der Waals surface area contributed by atoms with Gasteiger partial charge in [0, 0.05) is 24.1 Å².